The number of aryl methyl sites for hydroxylation is 1. The van der Waals surface area contributed by atoms with Crippen LogP contribution in [0.4, 0.5) is 11.4 Å². The Bertz CT molecular complexity index is 1240. The summed E-state index contributed by atoms with van der Waals surface area (Å²) < 4.78 is 16.0. The highest BCUT2D eigenvalue weighted by molar-refractivity contribution is 6.31. The lowest BCUT2D eigenvalue weighted by Crippen LogP contribution is -2.47. The third-order valence-electron chi connectivity index (χ3n) is 6.48. The number of halogens is 1. The zero-order valence-electron chi connectivity index (χ0n) is 20.7. The summed E-state index contributed by atoms with van der Waals surface area (Å²) in [5.74, 6) is 1.08. The first-order valence-corrected chi connectivity index (χ1v) is 12.0. The fraction of sp³-hybridized carbons (Fsp3) is 0.286. The van der Waals surface area contributed by atoms with E-state index in [-0.39, 0.29) is 18.2 Å². The topological polar surface area (TPSA) is 77.1 Å². The summed E-state index contributed by atoms with van der Waals surface area (Å²) in [5.41, 5.74) is 2.88. The highest BCUT2D eigenvalue weighted by Crippen LogP contribution is 2.42. The summed E-state index contributed by atoms with van der Waals surface area (Å²) in [5, 5.41) is 3.57. The number of anilines is 2. The van der Waals surface area contributed by atoms with E-state index in [2.05, 4.69) is 5.32 Å². The van der Waals surface area contributed by atoms with E-state index in [1.165, 1.54) is 7.11 Å². The van der Waals surface area contributed by atoms with Gasteiger partial charge in [-0.2, -0.15) is 0 Å². The van der Waals surface area contributed by atoms with E-state index in [9.17, 15) is 9.59 Å². The standard InChI is InChI=1S/C28H29ClN2O5/c1-17-15-24(25(36-4)16-23(17)29)30-28(33)22-13-14-26(32)31(19-7-11-21(35-3)12-8-19)27(22)18-5-9-20(34-2)10-6-18/h5-12,15-16,22,27H,13-14H2,1-4H3,(H,30,33)/t22-,27-/m1/s1. The Morgan fingerprint density at radius 3 is 2.14 bits per heavy atom. The van der Waals surface area contributed by atoms with E-state index in [1.807, 2.05) is 43.3 Å². The van der Waals surface area contributed by atoms with Gasteiger partial charge in [0.05, 0.1) is 39.0 Å². The van der Waals surface area contributed by atoms with Crippen molar-refractivity contribution >= 4 is 34.8 Å². The number of hydrogen-bond donors (Lipinski definition) is 1. The van der Waals surface area contributed by atoms with Gasteiger partial charge in [-0.1, -0.05) is 23.7 Å². The van der Waals surface area contributed by atoms with E-state index in [0.29, 0.717) is 40.1 Å². The number of hydrogen-bond acceptors (Lipinski definition) is 5. The van der Waals surface area contributed by atoms with Gasteiger partial charge in [-0.15, -0.1) is 0 Å². The van der Waals surface area contributed by atoms with Crippen molar-refractivity contribution in [2.45, 2.75) is 25.8 Å². The maximum absolute atomic E-state index is 13.7. The van der Waals surface area contributed by atoms with Gasteiger partial charge < -0.3 is 24.4 Å². The van der Waals surface area contributed by atoms with Gasteiger partial charge in [-0.3, -0.25) is 9.59 Å². The smallest absolute Gasteiger partial charge is 0.230 e. The third kappa shape index (κ3) is 5.11. The quantitative estimate of drug-likeness (QED) is 0.436. The molecular formula is C28H29ClN2O5. The first-order valence-electron chi connectivity index (χ1n) is 11.6. The molecule has 1 saturated heterocycles. The number of nitrogens with one attached hydrogen (secondary N) is 1. The molecule has 0 spiro atoms. The van der Waals surface area contributed by atoms with Crippen LogP contribution in [0.15, 0.2) is 60.7 Å². The predicted octanol–water partition coefficient (Wildman–Crippen LogP) is 5.80. The molecule has 0 bridgehead atoms. The van der Waals surface area contributed by atoms with Crippen molar-refractivity contribution in [3.8, 4) is 17.2 Å². The van der Waals surface area contributed by atoms with Gasteiger partial charge in [0, 0.05) is 23.2 Å². The molecule has 0 radical (unpaired) electrons. The Morgan fingerprint density at radius 1 is 0.944 bits per heavy atom. The van der Waals surface area contributed by atoms with E-state index < -0.39 is 12.0 Å². The normalized spacial score (nSPS) is 17.5. The maximum atomic E-state index is 13.7. The number of ether oxygens (including phenoxy) is 3. The molecule has 3 aromatic carbocycles. The van der Waals surface area contributed by atoms with Crippen molar-refractivity contribution in [2.75, 3.05) is 31.5 Å². The zero-order chi connectivity index (χ0) is 25.8. The van der Waals surface area contributed by atoms with Gasteiger partial charge >= 0.3 is 0 Å². The summed E-state index contributed by atoms with van der Waals surface area (Å²) >= 11 is 6.25. The van der Waals surface area contributed by atoms with Crippen LogP contribution in [-0.4, -0.2) is 33.1 Å². The summed E-state index contributed by atoms with van der Waals surface area (Å²) in [4.78, 5) is 28.7. The van der Waals surface area contributed by atoms with Gasteiger partial charge in [0.1, 0.15) is 17.2 Å². The van der Waals surface area contributed by atoms with Crippen molar-refractivity contribution < 1.29 is 23.8 Å². The first-order chi connectivity index (χ1) is 17.4. The molecule has 1 heterocycles. The average Bonchev–Trinajstić information content (AvgIpc) is 2.90. The van der Waals surface area contributed by atoms with E-state index in [1.54, 1.807) is 43.4 Å². The molecule has 0 saturated carbocycles. The van der Waals surface area contributed by atoms with Crippen molar-refractivity contribution in [1.29, 1.82) is 0 Å². The second-order valence-corrected chi connectivity index (χ2v) is 9.02. The van der Waals surface area contributed by atoms with Crippen molar-refractivity contribution in [3.63, 3.8) is 0 Å². The average molecular weight is 509 g/mol. The summed E-state index contributed by atoms with van der Waals surface area (Å²) in [6.07, 6.45) is 0.649. The molecule has 2 amide bonds. The Kier molecular flexibility index (Phi) is 7.70. The molecule has 0 aliphatic carbocycles. The number of nitrogens with zero attached hydrogens (tertiary/aromatic N) is 1. The lowest BCUT2D eigenvalue weighted by atomic mass is 9.83. The van der Waals surface area contributed by atoms with Crippen LogP contribution in [0.3, 0.4) is 0 Å². The van der Waals surface area contributed by atoms with Crippen LogP contribution >= 0.6 is 11.6 Å². The van der Waals surface area contributed by atoms with Gasteiger partial charge in [-0.05, 0) is 66.9 Å². The minimum Gasteiger partial charge on any atom is -0.497 e. The molecule has 188 valence electrons. The van der Waals surface area contributed by atoms with E-state index >= 15 is 0 Å². The van der Waals surface area contributed by atoms with Gasteiger partial charge in [0.2, 0.25) is 11.8 Å². The van der Waals surface area contributed by atoms with Crippen LogP contribution in [0.2, 0.25) is 5.02 Å². The van der Waals surface area contributed by atoms with Crippen molar-refractivity contribution in [3.05, 3.63) is 76.8 Å². The fourth-order valence-corrected chi connectivity index (χ4v) is 4.71. The van der Waals surface area contributed by atoms with Crippen LogP contribution in [0.25, 0.3) is 0 Å². The minimum atomic E-state index is -0.523. The molecule has 0 aromatic heterocycles. The summed E-state index contributed by atoms with van der Waals surface area (Å²) in [6.45, 7) is 1.86. The molecule has 2 atom stereocenters. The SMILES string of the molecule is COc1ccc([C@@H]2[C@H](C(=O)Nc3cc(C)c(Cl)cc3OC)CCC(=O)N2c2ccc(OC)cc2)cc1. The number of benzene rings is 3. The lowest BCUT2D eigenvalue weighted by molar-refractivity contribution is -0.125. The Balaban J connectivity index is 1.75. The fourth-order valence-electron chi connectivity index (χ4n) is 4.55. The van der Waals surface area contributed by atoms with Crippen LogP contribution in [0.1, 0.15) is 30.0 Å². The first kappa shape index (κ1) is 25.4. The number of carbonyl (C=O) groups excluding carboxylic acids is 2. The summed E-state index contributed by atoms with van der Waals surface area (Å²) in [7, 11) is 4.72. The van der Waals surface area contributed by atoms with Crippen LogP contribution in [-0.2, 0) is 9.59 Å². The van der Waals surface area contributed by atoms with Crippen LogP contribution in [0.5, 0.6) is 17.2 Å². The van der Waals surface area contributed by atoms with Gasteiger partial charge in [0.25, 0.3) is 0 Å². The monoisotopic (exact) mass is 508 g/mol. The highest BCUT2D eigenvalue weighted by atomic mass is 35.5. The Hall–Kier alpha value is -3.71. The third-order valence-corrected chi connectivity index (χ3v) is 6.89. The molecule has 8 heteroatoms. The number of methoxy groups -OCH3 is 3. The van der Waals surface area contributed by atoms with Gasteiger partial charge in [-0.25, -0.2) is 0 Å². The number of amides is 2. The Morgan fingerprint density at radius 2 is 1.56 bits per heavy atom. The summed E-state index contributed by atoms with van der Waals surface area (Å²) in [6, 6.07) is 17.7. The Labute approximate surface area is 215 Å². The molecule has 1 fully saturated rings. The number of rotatable bonds is 7. The predicted molar refractivity (Wildman–Crippen MR) is 140 cm³/mol. The molecule has 7 nitrogen and oxygen atoms in total. The molecule has 36 heavy (non-hydrogen) atoms. The molecule has 1 N–H and O–H groups in total. The van der Waals surface area contributed by atoms with E-state index in [0.717, 1.165) is 11.1 Å². The lowest BCUT2D eigenvalue weighted by Gasteiger charge is -2.41. The second kappa shape index (κ2) is 10.9. The molecular weight excluding hydrogens is 480 g/mol. The minimum absolute atomic E-state index is 0.0510. The highest BCUT2D eigenvalue weighted by Gasteiger charge is 2.41. The van der Waals surface area contributed by atoms with Crippen LogP contribution < -0.4 is 24.4 Å². The molecule has 0 unspecified atom stereocenters. The maximum Gasteiger partial charge on any atom is 0.230 e. The molecule has 1 aliphatic rings. The zero-order valence-corrected chi connectivity index (χ0v) is 21.5. The second-order valence-electron chi connectivity index (χ2n) is 8.62. The van der Waals surface area contributed by atoms with Crippen LogP contribution in [0, 0.1) is 12.8 Å². The van der Waals surface area contributed by atoms with E-state index in [4.69, 9.17) is 25.8 Å². The number of piperidine rings is 1. The molecule has 3 aromatic rings. The molecule has 1 aliphatic heterocycles. The van der Waals surface area contributed by atoms with Gasteiger partial charge in [0.15, 0.2) is 0 Å². The number of carbonyl (C=O) groups is 2. The molecule has 4 rings (SSSR count). The van der Waals surface area contributed by atoms with Crippen molar-refractivity contribution in [2.24, 2.45) is 5.92 Å². The van der Waals surface area contributed by atoms with Crippen molar-refractivity contribution in [1.82, 2.24) is 0 Å². The largest absolute Gasteiger partial charge is 0.497 e.